The van der Waals surface area contributed by atoms with Crippen LogP contribution in [0.4, 0.5) is 0 Å². The van der Waals surface area contributed by atoms with Crippen LogP contribution < -0.4 is 5.63 Å². The minimum Gasteiger partial charge on any atom is -0.508 e. The Morgan fingerprint density at radius 2 is 1.87 bits per heavy atom. The Bertz CT molecular complexity index is 974. The zero-order valence-corrected chi connectivity index (χ0v) is 12.1. The Kier molecular flexibility index (Phi) is 3.12. The first-order valence-corrected chi connectivity index (χ1v) is 7.26. The number of fused-ring (bicyclic) bond motifs is 1. The third-order valence-corrected chi connectivity index (χ3v) is 3.90. The Balaban J connectivity index is 1.69. The summed E-state index contributed by atoms with van der Waals surface area (Å²) in [5.41, 5.74) is 1.66. The highest BCUT2D eigenvalue weighted by atomic mass is 16.6. The summed E-state index contributed by atoms with van der Waals surface area (Å²) in [7, 11) is 0. The first kappa shape index (κ1) is 13.6. The Morgan fingerprint density at radius 3 is 2.74 bits per heavy atom. The third-order valence-electron chi connectivity index (χ3n) is 3.90. The second-order valence-electron chi connectivity index (χ2n) is 5.38. The molecule has 1 N–H and O–H groups in total. The van der Waals surface area contributed by atoms with Gasteiger partial charge in [-0.2, -0.15) is 0 Å². The predicted octanol–water partition coefficient (Wildman–Crippen LogP) is 3.36. The Hall–Kier alpha value is -3.08. The van der Waals surface area contributed by atoms with Crippen molar-refractivity contribution in [1.29, 1.82) is 0 Å². The van der Waals surface area contributed by atoms with E-state index < -0.39 is 11.7 Å². The molecule has 3 aromatic rings. The van der Waals surface area contributed by atoms with Crippen LogP contribution in [0, 0.1) is 0 Å². The van der Waals surface area contributed by atoms with Crippen LogP contribution in [0.15, 0.2) is 69.0 Å². The maximum Gasteiger partial charge on any atom is 0.345 e. The molecule has 0 aliphatic carbocycles. The molecule has 0 amide bonds. The average molecular weight is 307 g/mol. The molecule has 1 aliphatic heterocycles. The molecule has 23 heavy (non-hydrogen) atoms. The maximum atomic E-state index is 12.2. The van der Waals surface area contributed by atoms with Gasteiger partial charge in [0, 0.05) is 17.4 Å². The van der Waals surface area contributed by atoms with E-state index in [0.29, 0.717) is 28.8 Å². The minimum atomic E-state index is -0.441. The van der Waals surface area contributed by atoms with E-state index in [2.05, 4.69) is 5.16 Å². The van der Waals surface area contributed by atoms with Gasteiger partial charge in [-0.3, -0.25) is 0 Å². The van der Waals surface area contributed by atoms with Crippen LogP contribution in [-0.2, 0) is 4.84 Å². The van der Waals surface area contributed by atoms with Gasteiger partial charge in [0.15, 0.2) is 6.10 Å². The van der Waals surface area contributed by atoms with Crippen LogP contribution in [0.5, 0.6) is 5.75 Å². The van der Waals surface area contributed by atoms with Crippen LogP contribution in [0.2, 0.25) is 0 Å². The SMILES string of the molecule is O=c1oc2ccccc2cc1C1=NOC(c2ccccc2O)C1. The lowest BCUT2D eigenvalue weighted by Crippen LogP contribution is -2.13. The van der Waals surface area contributed by atoms with Crippen molar-refractivity contribution in [3.05, 3.63) is 76.1 Å². The van der Waals surface area contributed by atoms with Gasteiger partial charge in [0.1, 0.15) is 11.3 Å². The Morgan fingerprint density at radius 1 is 1.09 bits per heavy atom. The normalized spacial score (nSPS) is 17.0. The van der Waals surface area contributed by atoms with Crippen molar-refractivity contribution in [2.45, 2.75) is 12.5 Å². The summed E-state index contributed by atoms with van der Waals surface area (Å²) in [6, 6.07) is 16.0. The molecule has 0 bridgehead atoms. The molecule has 0 spiro atoms. The second kappa shape index (κ2) is 5.28. The van der Waals surface area contributed by atoms with Gasteiger partial charge in [-0.15, -0.1) is 0 Å². The van der Waals surface area contributed by atoms with Crippen molar-refractivity contribution in [3.63, 3.8) is 0 Å². The lowest BCUT2D eigenvalue weighted by molar-refractivity contribution is 0.0838. The van der Waals surface area contributed by atoms with Crippen molar-refractivity contribution in [1.82, 2.24) is 0 Å². The van der Waals surface area contributed by atoms with Gasteiger partial charge in [-0.1, -0.05) is 41.6 Å². The van der Waals surface area contributed by atoms with Gasteiger partial charge >= 0.3 is 5.63 Å². The van der Waals surface area contributed by atoms with E-state index >= 15 is 0 Å². The number of rotatable bonds is 2. The molecule has 0 radical (unpaired) electrons. The zero-order valence-electron chi connectivity index (χ0n) is 12.1. The molecule has 114 valence electrons. The van der Waals surface area contributed by atoms with Crippen molar-refractivity contribution in [2.24, 2.45) is 5.16 Å². The van der Waals surface area contributed by atoms with E-state index in [1.54, 1.807) is 30.3 Å². The summed E-state index contributed by atoms with van der Waals surface area (Å²) in [4.78, 5) is 17.6. The van der Waals surface area contributed by atoms with Crippen LogP contribution in [0.1, 0.15) is 23.7 Å². The molecule has 5 heteroatoms. The molecule has 1 unspecified atom stereocenters. The summed E-state index contributed by atoms with van der Waals surface area (Å²) in [6.07, 6.45) is -0.00204. The number of phenolic OH excluding ortho intramolecular Hbond substituents is 1. The fourth-order valence-electron chi connectivity index (χ4n) is 2.73. The standard InChI is InChI=1S/C18H13NO4/c20-15-7-3-2-6-12(15)17-10-14(19-23-17)13-9-11-5-1-4-8-16(11)22-18(13)21/h1-9,17,20H,10H2. The number of nitrogens with zero attached hydrogens (tertiary/aromatic N) is 1. The number of benzene rings is 2. The highest BCUT2D eigenvalue weighted by Gasteiger charge is 2.27. The van der Waals surface area contributed by atoms with Gasteiger partial charge in [0.05, 0.1) is 11.3 Å². The van der Waals surface area contributed by atoms with E-state index in [9.17, 15) is 9.90 Å². The topological polar surface area (TPSA) is 72.0 Å². The summed E-state index contributed by atoms with van der Waals surface area (Å²) >= 11 is 0. The fourth-order valence-corrected chi connectivity index (χ4v) is 2.73. The van der Waals surface area contributed by atoms with Gasteiger partial charge in [0.25, 0.3) is 0 Å². The first-order valence-electron chi connectivity index (χ1n) is 7.26. The van der Waals surface area contributed by atoms with Crippen molar-refractivity contribution in [2.75, 3.05) is 0 Å². The molecule has 2 aromatic carbocycles. The monoisotopic (exact) mass is 307 g/mol. The van der Waals surface area contributed by atoms with Crippen LogP contribution in [0.25, 0.3) is 11.0 Å². The molecular weight excluding hydrogens is 294 g/mol. The van der Waals surface area contributed by atoms with Crippen LogP contribution >= 0.6 is 0 Å². The fraction of sp³-hybridized carbons (Fsp3) is 0.111. The molecule has 0 saturated carbocycles. The molecule has 1 aromatic heterocycles. The van der Waals surface area contributed by atoms with E-state index in [1.807, 2.05) is 24.3 Å². The first-order chi connectivity index (χ1) is 11.2. The summed E-state index contributed by atoms with van der Waals surface area (Å²) in [5.74, 6) is 0.152. The van der Waals surface area contributed by atoms with Gasteiger partial charge in [0.2, 0.25) is 0 Å². The van der Waals surface area contributed by atoms with Crippen LogP contribution in [0.3, 0.4) is 0 Å². The molecule has 1 aliphatic rings. The number of aromatic hydroxyl groups is 1. The zero-order chi connectivity index (χ0) is 15.8. The van der Waals surface area contributed by atoms with Crippen LogP contribution in [-0.4, -0.2) is 10.8 Å². The van der Waals surface area contributed by atoms with E-state index in [4.69, 9.17) is 9.25 Å². The molecule has 0 fully saturated rings. The molecular formula is C18H13NO4. The number of para-hydroxylation sites is 2. The number of hydrogen-bond donors (Lipinski definition) is 1. The van der Waals surface area contributed by atoms with Gasteiger partial charge < -0.3 is 14.4 Å². The van der Waals surface area contributed by atoms with Gasteiger partial charge in [-0.05, 0) is 18.2 Å². The molecule has 2 heterocycles. The molecule has 0 saturated heterocycles. The average Bonchev–Trinajstić information content (AvgIpc) is 3.04. The highest BCUT2D eigenvalue weighted by molar-refractivity contribution is 6.02. The minimum absolute atomic E-state index is 0.152. The van der Waals surface area contributed by atoms with E-state index in [0.717, 1.165) is 5.39 Å². The number of hydrogen-bond acceptors (Lipinski definition) is 5. The van der Waals surface area contributed by atoms with Crippen molar-refractivity contribution < 1.29 is 14.4 Å². The molecule has 4 rings (SSSR count). The molecule has 1 atom stereocenters. The van der Waals surface area contributed by atoms with Gasteiger partial charge in [-0.25, -0.2) is 4.79 Å². The van der Waals surface area contributed by atoms with Crippen molar-refractivity contribution in [3.8, 4) is 5.75 Å². The smallest absolute Gasteiger partial charge is 0.345 e. The highest BCUT2D eigenvalue weighted by Crippen LogP contribution is 2.34. The maximum absolute atomic E-state index is 12.2. The quantitative estimate of drug-likeness (QED) is 0.737. The summed E-state index contributed by atoms with van der Waals surface area (Å²) < 4.78 is 5.33. The Labute approximate surface area is 131 Å². The summed E-state index contributed by atoms with van der Waals surface area (Å²) in [6.45, 7) is 0. The third kappa shape index (κ3) is 2.36. The van der Waals surface area contributed by atoms with E-state index in [1.165, 1.54) is 0 Å². The molecule has 5 nitrogen and oxygen atoms in total. The lowest BCUT2D eigenvalue weighted by Gasteiger charge is -2.09. The number of phenols is 1. The van der Waals surface area contributed by atoms with E-state index in [-0.39, 0.29) is 5.75 Å². The van der Waals surface area contributed by atoms with Crippen molar-refractivity contribution >= 4 is 16.7 Å². The lowest BCUT2D eigenvalue weighted by atomic mass is 10.00. The second-order valence-corrected chi connectivity index (χ2v) is 5.38. The summed E-state index contributed by atoms with van der Waals surface area (Å²) in [5, 5.41) is 14.8. The largest absolute Gasteiger partial charge is 0.508 e. The predicted molar refractivity (Wildman–Crippen MR) is 85.6 cm³/mol. The number of oxime groups is 1.